The number of aromatic nitrogens is 4. The van der Waals surface area contributed by atoms with Gasteiger partial charge in [-0.1, -0.05) is 5.10 Å². The smallest absolute Gasteiger partial charge is 0.313 e. The van der Waals surface area contributed by atoms with E-state index in [0.717, 1.165) is 12.8 Å². The Hall–Kier alpha value is -2.18. The monoisotopic (exact) mass is 219 g/mol. The number of hydrogen-bond acceptors (Lipinski definition) is 7. The Morgan fingerprint density at radius 1 is 1.25 bits per heavy atom. The van der Waals surface area contributed by atoms with E-state index in [9.17, 15) is 0 Å². The Balaban J connectivity index is 1.80. The van der Waals surface area contributed by atoms with Gasteiger partial charge in [-0.2, -0.15) is 0 Å². The summed E-state index contributed by atoms with van der Waals surface area (Å²) in [6, 6.07) is 0.00936. The molecule has 3 rings (SSSR count). The maximum atomic E-state index is 5.46. The maximum absolute atomic E-state index is 5.46. The molecule has 7 heteroatoms. The second-order valence-corrected chi connectivity index (χ2v) is 3.50. The van der Waals surface area contributed by atoms with E-state index in [4.69, 9.17) is 14.9 Å². The van der Waals surface area contributed by atoms with Crippen LogP contribution in [0.4, 0.5) is 6.01 Å². The fourth-order valence-corrected chi connectivity index (χ4v) is 1.18. The van der Waals surface area contributed by atoms with E-state index < -0.39 is 0 Å². The van der Waals surface area contributed by atoms with Crippen LogP contribution < -0.4 is 10.5 Å². The van der Waals surface area contributed by atoms with Gasteiger partial charge in [0.05, 0.1) is 12.4 Å². The Morgan fingerprint density at radius 2 is 2.12 bits per heavy atom. The van der Waals surface area contributed by atoms with Gasteiger partial charge in [0.2, 0.25) is 5.88 Å². The molecule has 0 atom stereocenters. The molecule has 16 heavy (non-hydrogen) atoms. The van der Waals surface area contributed by atoms with E-state index in [1.54, 1.807) is 0 Å². The van der Waals surface area contributed by atoms with Gasteiger partial charge in [0.15, 0.2) is 0 Å². The van der Waals surface area contributed by atoms with Crippen LogP contribution >= 0.6 is 0 Å². The Kier molecular flexibility index (Phi) is 1.95. The average molecular weight is 219 g/mol. The minimum atomic E-state index is 0.00936. The van der Waals surface area contributed by atoms with E-state index in [2.05, 4.69) is 20.2 Å². The van der Waals surface area contributed by atoms with Crippen LogP contribution in [0, 0.1) is 0 Å². The molecular formula is C9H9N5O2. The van der Waals surface area contributed by atoms with Gasteiger partial charge in [0.25, 0.3) is 5.89 Å². The highest BCUT2D eigenvalue weighted by atomic mass is 16.5. The minimum absolute atomic E-state index is 0.00936. The summed E-state index contributed by atoms with van der Waals surface area (Å²) >= 11 is 0. The second-order valence-electron chi connectivity index (χ2n) is 3.50. The standard InChI is InChI=1S/C9H9N5O2/c10-9-14-13-8(16-9)6-3-12-7(4-11-6)15-5-1-2-5/h3-5H,1-2H2,(H2,10,14). The molecule has 2 N–H and O–H groups in total. The lowest BCUT2D eigenvalue weighted by atomic mass is 10.4. The summed E-state index contributed by atoms with van der Waals surface area (Å²) in [5, 5.41) is 7.24. The van der Waals surface area contributed by atoms with Gasteiger partial charge in [-0.05, 0) is 12.8 Å². The van der Waals surface area contributed by atoms with Gasteiger partial charge < -0.3 is 14.9 Å². The summed E-state index contributed by atoms with van der Waals surface area (Å²) in [5.41, 5.74) is 5.79. The van der Waals surface area contributed by atoms with Crippen molar-refractivity contribution in [3.05, 3.63) is 12.4 Å². The van der Waals surface area contributed by atoms with E-state index in [-0.39, 0.29) is 11.9 Å². The number of nitrogens with two attached hydrogens (primary N) is 1. The van der Waals surface area contributed by atoms with Crippen molar-refractivity contribution in [1.82, 2.24) is 20.2 Å². The molecule has 0 spiro atoms. The zero-order valence-corrected chi connectivity index (χ0v) is 8.33. The molecule has 2 heterocycles. The number of nitrogen functional groups attached to an aromatic ring is 1. The van der Waals surface area contributed by atoms with Crippen molar-refractivity contribution in [1.29, 1.82) is 0 Å². The summed E-state index contributed by atoms with van der Waals surface area (Å²) in [5.74, 6) is 0.765. The highest BCUT2D eigenvalue weighted by Crippen LogP contribution is 2.25. The number of ether oxygens (including phenoxy) is 1. The normalized spacial score (nSPS) is 15.0. The highest BCUT2D eigenvalue weighted by Gasteiger charge is 2.24. The van der Waals surface area contributed by atoms with Crippen LogP contribution in [0.5, 0.6) is 5.88 Å². The van der Waals surface area contributed by atoms with Gasteiger partial charge in [-0.3, -0.25) is 0 Å². The molecule has 1 aliphatic carbocycles. The lowest BCUT2D eigenvalue weighted by Crippen LogP contribution is -1.99. The molecule has 0 radical (unpaired) electrons. The topological polar surface area (TPSA) is 100.0 Å². The van der Waals surface area contributed by atoms with Crippen molar-refractivity contribution in [3.63, 3.8) is 0 Å². The van der Waals surface area contributed by atoms with Crippen LogP contribution in [-0.2, 0) is 0 Å². The van der Waals surface area contributed by atoms with Gasteiger partial charge >= 0.3 is 6.01 Å². The Labute approximate surface area is 90.7 Å². The molecule has 0 saturated heterocycles. The van der Waals surface area contributed by atoms with Crippen LogP contribution in [0.25, 0.3) is 11.6 Å². The molecule has 1 saturated carbocycles. The predicted octanol–water partition coefficient (Wildman–Crippen LogP) is 0.650. The van der Waals surface area contributed by atoms with Crippen LogP contribution in [0.3, 0.4) is 0 Å². The molecule has 0 aromatic carbocycles. The van der Waals surface area contributed by atoms with Gasteiger partial charge in [-0.15, -0.1) is 5.10 Å². The largest absolute Gasteiger partial charge is 0.473 e. The zero-order chi connectivity index (χ0) is 11.0. The molecule has 0 amide bonds. The first-order chi connectivity index (χ1) is 7.81. The molecule has 0 bridgehead atoms. The average Bonchev–Trinajstić information content (AvgIpc) is 3.00. The third-order valence-electron chi connectivity index (χ3n) is 2.10. The van der Waals surface area contributed by atoms with Crippen LogP contribution in [-0.4, -0.2) is 26.3 Å². The van der Waals surface area contributed by atoms with Crippen molar-refractivity contribution < 1.29 is 9.15 Å². The molecule has 1 fully saturated rings. The van der Waals surface area contributed by atoms with Crippen molar-refractivity contribution in [2.75, 3.05) is 5.73 Å². The Morgan fingerprint density at radius 3 is 2.69 bits per heavy atom. The fraction of sp³-hybridized carbons (Fsp3) is 0.333. The van der Waals surface area contributed by atoms with Crippen molar-refractivity contribution in [2.45, 2.75) is 18.9 Å². The first-order valence-corrected chi connectivity index (χ1v) is 4.89. The van der Waals surface area contributed by atoms with Gasteiger partial charge in [0, 0.05) is 0 Å². The van der Waals surface area contributed by atoms with E-state index in [1.807, 2.05) is 0 Å². The lowest BCUT2D eigenvalue weighted by molar-refractivity contribution is 0.289. The molecular weight excluding hydrogens is 210 g/mol. The quantitative estimate of drug-likeness (QED) is 0.808. The molecule has 1 aliphatic rings. The van der Waals surface area contributed by atoms with Crippen molar-refractivity contribution in [3.8, 4) is 17.5 Å². The van der Waals surface area contributed by atoms with Crippen molar-refractivity contribution >= 4 is 6.01 Å². The second kappa shape index (κ2) is 3.44. The highest BCUT2D eigenvalue weighted by molar-refractivity contribution is 5.45. The summed E-state index contributed by atoms with van der Waals surface area (Å²) < 4.78 is 10.5. The van der Waals surface area contributed by atoms with Crippen LogP contribution in [0.2, 0.25) is 0 Å². The number of anilines is 1. The minimum Gasteiger partial charge on any atom is -0.473 e. The zero-order valence-electron chi connectivity index (χ0n) is 8.33. The molecule has 0 unspecified atom stereocenters. The lowest BCUT2D eigenvalue weighted by Gasteiger charge is -2.01. The van der Waals surface area contributed by atoms with Gasteiger partial charge in [0.1, 0.15) is 11.8 Å². The molecule has 2 aromatic heterocycles. The number of hydrogen-bond donors (Lipinski definition) is 1. The summed E-state index contributed by atoms with van der Waals surface area (Å²) in [6.45, 7) is 0. The van der Waals surface area contributed by atoms with Gasteiger partial charge in [-0.25, -0.2) is 9.97 Å². The molecule has 2 aromatic rings. The summed E-state index contributed by atoms with van der Waals surface area (Å²) in [7, 11) is 0. The SMILES string of the molecule is Nc1nnc(-c2cnc(OC3CC3)cn2)o1. The number of nitrogens with zero attached hydrogens (tertiary/aromatic N) is 4. The Bertz CT molecular complexity index is 491. The predicted molar refractivity (Wildman–Crippen MR) is 53.4 cm³/mol. The van der Waals surface area contributed by atoms with E-state index in [1.165, 1.54) is 12.4 Å². The maximum Gasteiger partial charge on any atom is 0.313 e. The van der Waals surface area contributed by atoms with Crippen LogP contribution in [0.1, 0.15) is 12.8 Å². The van der Waals surface area contributed by atoms with Crippen molar-refractivity contribution in [2.24, 2.45) is 0 Å². The molecule has 7 nitrogen and oxygen atoms in total. The first kappa shape index (κ1) is 9.08. The van der Waals surface area contributed by atoms with E-state index in [0.29, 0.717) is 17.7 Å². The summed E-state index contributed by atoms with van der Waals surface area (Å²) in [6.07, 6.45) is 5.53. The number of rotatable bonds is 3. The third kappa shape index (κ3) is 1.79. The first-order valence-electron chi connectivity index (χ1n) is 4.89. The molecule has 0 aliphatic heterocycles. The molecule has 82 valence electrons. The fourth-order valence-electron chi connectivity index (χ4n) is 1.18. The summed E-state index contributed by atoms with van der Waals surface area (Å²) in [4.78, 5) is 8.19. The van der Waals surface area contributed by atoms with E-state index >= 15 is 0 Å². The third-order valence-corrected chi connectivity index (χ3v) is 2.10. The van der Waals surface area contributed by atoms with Crippen LogP contribution in [0.15, 0.2) is 16.8 Å².